The van der Waals surface area contributed by atoms with Gasteiger partial charge in [-0.25, -0.2) is 4.79 Å². The maximum Gasteiger partial charge on any atom is 0.326 e. The number of rotatable bonds is 6. The van der Waals surface area contributed by atoms with E-state index in [1.807, 2.05) is 0 Å². The molecule has 2 aromatic carbocycles. The minimum absolute atomic E-state index is 0.0147. The lowest BCUT2D eigenvalue weighted by atomic mass is 10.1. The maximum atomic E-state index is 12.6. The number of carbonyl (C=O) groups excluding carboxylic acids is 2. The Hall–Kier alpha value is -3.85. The number of aliphatic hydroxyl groups excluding tert-OH is 1. The molecule has 2 aromatic rings. The largest absolute Gasteiger partial charge is 0.497 e. The minimum Gasteiger partial charge on any atom is -0.497 e. The lowest BCUT2D eigenvalue weighted by Gasteiger charge is -2.21. The molecule has 32 heavy (non-hydrogen) atoms. The van der Waals surface area contributed by atoms with E-state index >= 15 is 0 Å². The van der Waals surface area contributed by atoms with E-state index in [4.69, 9.17) is 14.2 Å². The minimum atomic E-state index is -1.17. The Balaban J connectivity index is 1.43. The van der Waals surface area contributed by atoms with Gasteiger partial charge in [-0.05, 0) is 35.9 Å². The van der Waals surface area contributed by atoms with E-state index in [0.717, 1.165) is 10.5 Å². The van der Waals surface area contributed by atoms with Gasteiger partial charge in [0.15, 0.2) is 12.4 Å². The van der Waals surface area contributed by atoms with Gasteiger partial charge in [0.1, 0.15) is 23.3 Å². The molecular weight excluding hydrogens is 418 g/mol. The van der Waals surface area contributed by atoms with Crippen molar-refractivity contribution in [2.45, 2.75) is 18.6 Å². The maximum absolute atomic E-state index is 12.6. The molecule has 2 aliphatic heterocycles. The van der Waals surface area contributed by atoms with Gasteiger partial charge in [0.2, 0.25) is 5.78 Å². The number of aliphatic hydroxyl groups is 1. The molecule has 1 fully saturated rings. The molecule has 1 amide bonds. The second-order valence-electron chi connectivity index (χ2n) is 7.45. The van der Waals surface area contributed by atoms with Crippen LogP contribution in [0.25, 0.3) is 6.08 Å². The van der Waals surface area contributed by atoms with E-state index in [2.05, 4.69) is 0 Å². The SMILES string of the molecule is COc1ccc(C=C2Oc3cc(OCC(=O)N4C[C@@H](O)C[C@H]4C(=O)O)ccc3C2=O)cc1. The third-order valence-electron chi connectivity index (χ3n) is 5.30. The molecule has 0 bridgehead atoms. The van der Waals surface area contributed by atoms with Gasteiger partial charge in [-0.3, -0.25) is 9.59 Å². The number of carbonyl (C=O) groups is 3. The fourth-order valence-electron chi connectivity index (χ4n) is 3.66. The van der Waals surface area contributed by atoms with Gasteiger partial charge in [-0.15, -0.1) is 0 Å². The average molecular weight is 439 g/mol. The smallest absolute Gasteiger partial charge is 0.326 e. The van der Waals surface area contributed by atoms with Crippen LogP contribution in [0.1, 0.15) is 22.3 Å². The summed E-state index contributed by atoms with van der Waals surface area (Å²) in [6, 6.07) is 10.7. The lowest BCUT2D eigenvalue weighted by Crippen LogP contribution is -2.42. The van der Waals surface area contributed by atoms with Crippen LogP contribution < -0.4 is 14.2 Å². The van der Waals surface area contributed by atoms with Gasteiger partial charge < -0.3 is 29.3 Å². The van der Waals surface area contributed by atoms with Crippen molar-refractivity contribution < 1.29 is 38.8 Å². The zero-order chi connectivity index (χ0) is 22.8. The summed E-state index contributed by atoms with van der Waals surface area (Å²) < 4.78 is 16.3. The lowest BCUT2D eigenvalue weighted by molar-refractivity contribution is -0.148. The summed E-state index contributed by atoms with van der Waals surface area (Å²) in [6.07, 6.45) is 0.728. The normalized spacial score (nSPS) is 20.8. The van der Waals surface area contributed by atoms with Crippen LogP contribution in [-0.2, 0) is 9.59 Å². The molecule has 9 nitrogen and oxygen atoms in total. The van der Waals surface area contributed by atoms with Crippen LogP contribution in [0, 0.1) is 0 Å². The first-order valence-corrected chi connectivity index (χ1v) is 9.91. The van der Waals surface area contributed by atoms with Crippen molar-refractivity contribution in [3.8, 4) is 17.2 Å². The van der Waals surface area contributed by atoms with Gasteiger partial charge in [0.05, 0.1) is 18.8 Å². The Kier molecular flexibility index (Phi) is 5.83. The van der Waals surface area contributed by atoms with Gasteiger partial charge >= 0.3 is 5.97 Å². The van der Waals surface area contributed by atoms with Gasteiger partial charge in [0, 0.05) is 19.0 Å². The fourth-order valence-corrected chi connectivity index (χ4v) is 3.66. The molecule has 9 heteroatoms. The van der Waals surface area contributed by atoms with Crippen LogP contribution in [0.15, 0.2) is 48.2 Å². The van der Waals surface area contributed by atoms with E-state index in [-0.39, 0.29) is 24.5 Å². The molecule has 0 radical (unpaired) electrons. The van der Waals surface area contributed by atoms with Crippen LogP contribution in [0.3, 0.4) is 0 Å². The van der Waals surface area contributed by atoms with Crippen molar-refractivity contribution in [1.29, 1.82) is 0 Å². The van der Waals surface area contributed by atoms with E-state index in [1.54, 1.807) is 43.5 Å². The van der Waals surface area contributed by atoms with E-state index in [9.17, 15) is 24.6 Å². The summed E-state index contributed by atoms with van der Waals surface area (Å²) in [7, 11) is 1.57. The summed E-state index contributed by atoms with van der Waals surface area (Å²) in [4.78, 5) is 37.4. The van der Waals surface area contributed by atoms with Crippen LogP contribution in [0.5, 0.6) is 17.2 Å². The molecule has 0 aromatic heterocycles. The van der Waals surface area contributed by atoms with Gasteiger partial charge in [-0.1, -0.05) is 12.1 Å². The zero-order valence-electron chi connectivity index (χ0n) is 17.2. The van der Waals surface area contributed by atoms with E-state index < -0.39 is 30.6 Å². The summed E-state index contributed by atoms with van der Waals surface area (Å²) in [6.45, 7) is -0.460. The first kappa shape index (κ1) is 21.4. The predicted octanol–water partition coefficient (Wildman–Crippen LogP) is 1.74. The Morgan fingerprint density at radius 3 is 2.59 bits per heavy atom. The first-order chi connectivity index (χ1) is 15.4. The zero-order valence-corrected chi connectivity index (χ0v) is 17.2. The van der Waals surface area contributed by atoms with Crippen LogP contribution in [0.2, 0.25) is 0 Å². The molecular formula is C23H21NO8. The highest BCUT2D eigenvalue weighted by Gasteiger charge is 2.39. The Morgan fingerprint density at radius 1 is 1.19 bits per heavy atom. The van der Waals surface area contributed by atoms with Crippen LogP contribution in [-0.4, -0.2) is 65.2 Å². The number of amides is 1. The van der Waals surface area contributed by atoms with Crippen molar-refractivity contribution in [3.63, 3.8) is 0 Å². The fraction of sp³-hybridized carbons (Fsp3) is 0.261. The molecule has 4 rings (SSSR count). The number of likely N-dealkylation sites (tertiary alicyclic amines) is 1. The quantitative estimate of drug-likeness (QED) is 0.653. The molecule has 0 spiro atoms. The summed E-state index contributed by atoms with van der Waals surface area (Å²) in [5, 5.41) is 18.9. The molecule has 166 valence electrons. The van der Waals surface area contributed by atoms with E-state index in [0.29, 0.717) is 22.8 Å². The molecule has 2 heterocycles. The number of methoxy groups -OCH3 is 1. The van der Waals surface area contributed by atoms with Crippen molar-refractivity contribution >= 4 is 23.7 Å². The Morgan fingerprint density at radius 2 is 1.91 bits per heavy atom. The third-order valence-corrected chi connectivity index (χ3v) is 5.30. The third kappa shape index (κ3) is 4.28. The van der Waals surface area contributed by atoms with E-state index in [1.165, 1.54) is 12.1 Å². The second-order valence-corrected chi connectivity index (χ2v) is 7.45. The molecule has 2 aliphatic rings. The molecule has 0 saturated carbocycles. The molecule has 2 atom stereocenters. The molecule has 0 aliphatic carbocycles. The standard InChI is InChI=1S/C23H21NO8/c1-30-15-4-2-13(3-5-15)8-20-22(27)17-7-6-16(10-19(17)32-20)31-12-21(26)24-11-14(25)9-18(24)23(28)29/h2-8,10,14,18,25H,9,11-12H2,1H3,(H,28,29)/t14-,18-/m0/s1. The number of allylic oxidation sites excluding steroid dienone is 1. The predicted molar refractivity (Wildman–Crippen MR) is 112 cm³/mol. The van der Waals surface area contributed by atoms with Crippen molar-refractivity contribution in [3.05, 3.63) is 59.4 Å². The van der Waals surface area contributed by atoms with Crippen LogP contribution in [0.4, 0.5) is 0 Å². The van der Waals surface area contributed by atoms with Gasteiger partial charge in [-0.2, -0.15) is 0 Å². The number of hydrogen-bond acceptors (Lipinski definition) is 7. The Labute approximate surface area is 183 Å². The summed E-state index contributed by atoms with van der Waals surface area (Å²) in [5.41, 5.74) is 1.14. The monoisotopic (exact) mass is 439 g/mol. The molecule has 1 saturated heterocycles. The summed E-state index contributed by atoms with van der Waals surface area (Å²) in [5.74, 6) is -0.532. The number of ether oxygens (including phenoxy) is 3. The second kappa shape index (κ2) is 8.72. The van der Waals surface area contributed by atoms with Crippen molar-refractivity contribution in [1.82, 2.24) is 4.90 Å². The van der Waals surface area contributed by atoms with Crippen molar-refractivity contribution in [2.75, 3.05) is 20.3 Å². The number of fused-ring (bicyclic) bond motifs is 1. The number of benzene rings is 2. The van der Waals surface area contributed by atoms with Crippen molar-refractivity contribution in [2.24, 2.45) is 0 Å². The summed E-state index contributed by atoms with van der Waals surface area (Å²) >= 11 is 0. The molecule has 0 unspecified atom stereocenters. The number of β-amino-alcohol motifs (C(OH)–C–C–N with tert-alkyl or cyclic N) is 1. The number of hydrogen-bond donors (Lipinski definition) is 2. The topological polar surface area (TPSA) is 123 Å². The number of Topliss-reactive ketones (excluding diaryl/α,β-unsaturated/α-hetero) is 1. The number of ketones is 1. The number of carboxylic acids is 1. The number of carboxylic acid groups (broad SMARTS) is 1. The Bertz CT molecular complexity index is 1090. The first-order valence-electron chi connectivity index (χ1n) is 9.91. The van der Waals surface area contributed by atoms with Crippen LogP contribution >= 0.6 is 0 Å². The number of nitrogens with zero attached hydrogens (tertiary/aromatic N) is 1. The number of aliphatic carboxylic acids is 1. The average Bonchev–Trinajstić information content (AvgIpc) is 3.32. The molecule has 2 N–H and O–H groups in total. The highest BCUT2D eigenvalue weighted by Crippen LogP contribution is 2.35. The van der Waals surface area contributed by atoms with Gasteiger partial charge in [0.25, 0.3) is 5.91 Å². The highest BCUT2D eigenvalue weighted by molar-refractivity contribution is 6.14. The highest BCUT2D eigenvalue weighted by atomic mass is 16.5.